The van der Waals surface area contributed by atoms with Crippen LogP contribution < -0.4 is 15.4 Å². The molecule has 1 heterocycles. The van der Waals surface area contributed by atoms with E-state index in [1.165, 1.54) is 6.42 Å². The number of ether oxygens (including phenoxy) is 1. The fourth-order valence-corrected chi connectivity index (χ4v) is 3.74. The highest BCUT2D eigenvalue weighted by Gasteiger charge is 2.30. The summed E-state index contributed by atoms with van der Waals surface area (Å²) >= 11 is 0. The van der Waals surface area contributed by atoms with E-state index in [-0.39, 0.29) is 0 Å². The lowest BCUT2D eigenvalue weighted by molar-refractivity contribution is -0.139. The lowest BCUT2D eigenvalue weighted by atomic mass is 9.84. The van der Waals surface area contributed by atoms with Crippen LogP contribution in [-0.4, -0.2) is 80.6 Å². The fraction of sp³-hybridized carbons (Fsp3) is 0.652. The number of carbonyl (C=O) groups is 1. The zero-order valence-corrected chi connectivity index (χ0v) is 18.3. The van der Waals surface area contributed by atoms with Gasteiger partial charge in [0.2, 0.25) is 5.91 Å². The minimum Gasteiger partial charge on any atom is -0.494 e. The van der Waals surface area contributed by atoms with Crippen molar-refractivity contribution in [1.82, 2.24) is 20.4 Å². The molecule has 2 fully saturated rings. The van der Waals surface area contributed by atoms with Crippen LogP contribution in [0.5, 0.6) is 5.75 Å². The molecule has 2 N–H and O–H groups in total. The highest BCUT2D eigenvalue weighted by Crippen LogP contribution is 2.28. The normalized spacial score (nSPS) is 18.0. The second-order valence-electron chi connectivity index (χ2n) is 8.00. The summed E-state index contributed by atoms with van der Waals surface area (Å²) in [5.74, 6) is 2.46. The predicted octanol–water partition coefficient (Wildman–Crippen LogP) is 1.95. The summed E-state index contributed by atoms with van der Waals surface area (Å²) in [5.41, 5.74) is 0. The third kappa shape index (κ3) is 7.20. The highest BCUT2D eigenvalue weighted by atomic mass is 16.5. The van der Waals surface area contributed by atoms with Crippen molar-refractivity contribution >= 4 is 11.9 Å². The number of rotatable bonds is 10. The Morgan fingerprint density at radius 2 is 1.90 bits per heavy atom. The number of hydrogen-bond acceptors (Lipinski definition) is 4. The molecule has 1 amide bonds. The monoisotopic (exact) mass is 415 g/mol. The molecule has 0 atom stereocenters. The van der Waals surface area contributed by atoms with Gasteiger partial charge < -0.3 is 20.3 Å². The summed E-state index contributed by atoms with van der Waals surface area (Å²) in [7, 11) is 0. The lowest BCUT2D eigenvalue weighted by Crippen LogP contribution is -2.52. The SMILES string of the molecule is CCNC(=NCCCOc1ccccc1)NCCN1CCN(C(=O)C2CCC2)CC1. The van der Waals surface area contributed by atoms with Crippen LogP contribution in [0.2, 0.25) is 0 Å². The van der Waals surface area contributed by atoms with Gasteiger partial charge >= 0.3 is 0 Å². The molecule has 0 bridgehead atoms. The van der Waals surface area contributed by atoms with E-state index in [1.54, 1.807) is 0 Å². The van der Waals surface area contributed by atoms with Crippen LogP contribution >= 0.6 is 0 Å². The Morgan fingerprint density at radius 1 is 1.13 bits per heavy atom. The van der Waals surface area contributed by atoms with Gasteiger partial charge in [0.05, 0.1) is 6.61 Å². The summed E-state index contributed by atoms with van der Waals surface area (Å²) in [6, 6.07) is 9.88. The molecule has 7 nitrogen and oxygen atoms in total. The van der Waals surface area contributed by atoms with Gasteiger partial charge in [-0.15, -0.1) is 0 Å². The molecule has 166 valence electrons. The van der Waals surface area contributed by atoms with Crippen LogP contribution in [0.4, 0.5) is 0 Å². The van der Waals surface area contributed by atoms with E-state index in [2.05, 4.69) is 32.3 Å². The maximum atomic E-state index is 12.4. The van der Waals surface area contributed by atoms with Gasteiger partial charge in [-0.2, -0.15) is 0 Å². The maximum Gasteiger partial charge on any atom is 0.225 e. The van der Waals surface area contributed by atoms with Crippen molar-refractivity contribution in [3.63, 3.8) is 0 Å². The minimum absolute atomic E-state index is 0.315. The van der Waals surface area contributed by atoms with E-state index in [0.717, 1.165) is 83.3 Å². The first-order chi connectivity index (χ1) is 14.8. The first-order valence-electron chi connectivity index (χ1n) is 11.5. The predicted molar refractivity (Wildman–Crippen MR) is 121 cm³/mol. The van der Waals surface area contributed by atoms with E-state index >= 15 is 0 Å². The van der Waals surface area contributed by atoms with Crippen molar-refractivity contribution in [1.29, 1.82) is 0 Å². The maximum absolute atomic E-state index is 12.4. The zero-order chi connectivity index (χ0) is 21.0. The van der Waals surface area contributed by atoms with Crippen LogP contribution in [0.25, 0.3) is 0 Å². The van der Waals surface area contributed by atoms with Gasteiger partial charge in [-0.1, -0.05) is 24.6 Å². The quantitative estimate of drug-likeness (QED) is 0.347. The number of para-hydroxylation sites is 1. The van der Waals surface area contributed by atoms with E-state index in [0.29, 0.717) is 18.4 Å². The summed E-state index contributed by atoms with van der Waals surface area (Å²) < 4.78 is 5.71. The van der Waals surface area contributed by atoms with E-state index in [1.807, 2.05) is 30.3 Å². The second-order valence-corrected chi connectivity index (χ2v) is 8.00. The molecule has 2 aliphatic rings. The molecule has 3 rings (SSSR count). The molecule has 0 spiro atoms. The Kier molecular flexibility index (Phi) is 9.28. The second kappa shape index (κ2) is 12.4. The Balaban J connectivity index is 1.28. The highest BCUT2D eigenvalue weighted by molar-refractivity contribution is 5.80. The average molecular weight is 416 g/mol. The van der Waals surface area contributed by atoms with Crippen LogP contribution in [0.1, 0.15) is 32.6 Å². The third-order valence-corrected chi connectivity index (χ3v) is 5.79. The van der Waals surface area contributed by atoms with Gasteiger partial charge in [0.15, 0.2) is 5.96 Å². The molecule has 1 aromatic carbocycles. The van der Waals surface area contributed by atoms with Crippen molar-refractivity contribution < 1.29 is 9.53 Å². The molecule has 0 radical (unpaired) electrons. The van der Waals surface area contributed by atoms with Gasteiger partial charge in [-0.3, -0.25) is 14.7 Å². The molecule has 1 saturated carbocycles. The van der Waals surface area contributed by atoms with Gasteiger partial charge in [0, 0.05) is 64.7 Å². The number of aliphatic imine (C=N–C) groups is 1. The Bertz CT molecular complexity index is 655. The number of carbonyl (C=O) groups excluding carboxylic acids is 1. The van der Waals surface area contributed by atoms with Gasteiger partial charge in [-0.25, -0.2) is 0 Å². The molecule has 30 heavy (non-hydrogen) atoms. The third-order valence-electron chi connectivity index (χ3n) is 5.79. The number of guanidine groups is 1. The van der Waals surface area contributed by atoms with Crippen molar-refractivity contribution in [2.24, 2.45) is 10.9 Å². The number of benzene rings is 1. The van der Waals surface area contributed by atoms with Gasteiger partial charge in [0.25, 0.3) is 0 Å². The first-order valence-corrected chi connectivity index (χ1v) is 11.5. The Hall–Kier alpha value is -2.28. The number of amides is 1. The van der Waals surface area contributed by atoms with Crippen LogP contribution in [0.15, 0.2) is 35.3 Å². The number of nitrogens with one attached hydrogen (secondary N) is 2. The molecule has 1 aliphatic heterocycles. The number of nitrogens with zero attached hydrogens (tertiary/aromatic N) is 3. The minimum atomic E-state index is 0.315. The van der Waals surface area contributed by atoms with Crippen molar-refractivity contribution in [3.05, 3.63) is 30.3 Å². The molecular weight excluding hydrogens is 378 g/mol. The van der Waals surface area contributed by atoms with Crippen LogP contribution in [0.3, 0.4) is 0 Å². The van der Waals surface area contributed by atoms with E-state index < -0.39 is 0 Å². The summed E-state index contributed by atoms with van der Waals surface area (Å²) in [5, 5.41) is 6.73. The fourth-order valence-electron chi connectivity index (χ4n) is 3.74. The summed E-state index contributed by atoms with van der Waals surface area (Å²) in [6.07, 6.45) is 4.28. The van der Waals surface area contributed by atoms with Gasteiger partial charge in [-0.05, 0) is 31.9 Å². The first kappa shape index (κ1) is 22.4. The standard InChI is InChI=1S/C23H37N5O2/c1-2-24-23(25-12-7-19-30-21-10-4-3-5-11-21)26-13-14-27-15-17-28(18-16-27)22(29)20-8-6-9-20/h3-5,10-11,20H,2,6-9,12-19H2,1H3,(H2,24,25,26). The lowest BCUT2D eigenvalue weighted by Gasteiger charge is -2.38. The van der Waals surface area contributed by atoms with Crippen LogP contribution in [-0.2, 0) is 4.79 Å². The topological polar surface area (TPSA) is 69.2 Å². The molecule has 7 heteroatoms. The summed E-state index contributed by atoms with van der Waals surface area (Å²) in [4.78, 5) is 21.5. The number of hydrogen-bond donors (Lipinski definition) is 2. The Labute approximate surface area is 180 Å². The largest absolute Gasteiger partial charge is 0.494 e. The van der Waals surface area contributed by atoms with E-state index in [9.17, 15) is 4.79 Å². The Morgan fingerprint density at radius 3 is 2.57 bits per heavy atom. The van der Waals surface area contributed by atoms with E-state index in [4.69, 9.17) is 4.74 Å². The van der Waals surface area contributed by atoms with Gasteiger partial charge in [0.1, 0.15) is 5.75 Å². The molecule has 0 aromatic heterocycles. The van der Waals surface area contributed by atoms with Crippen LogP contribution in [0, 0.1) is 5.92 Å². The van der Waals surface area contributed by atoms with Crippen molar-refractivity contribution in [2.45, 2.75) is 32.6 Å². The molecule has 1 aromatic rings. The zero-order valence-electron chi connectivity index (χ0n) is 18.3. The molecular formula is C23H37N5O2. The average Bonchev–Trinajstić information content (AvgIpc) is 2.73. The summed E-state index contributed by atoms with van der Waals surface area (Å²) in [6.45, 7) is 9.78. The van der Waals surface area contributed by atoms with Crippen molar-refractivity contribution in [2.75, 3.05) is 59.0 Å². The van der Waals surface area contributed by atoms with Crippen molar-refractivity contribution in [3.8, 4) is 5.75 Å². The number of piperazine rings is 1. The molecule has 1 saturated heterocycles. The smallest absolute Gasteiger partial charge is 0.225 e. The molecule has 0 unspecified atom stereocenters. The molecule has 1 aliphatic carbocycles.